The Kier molecular flexibility index (Phi) is 4.68. The molecule has 4 aromatic rings. The van der Waals surface area contributed by atoms with E-state index in [-0.39, 0.29) is 5.75 Å². The summed E-state index contributed by atoms with van der Waals surface area (Å²) in [4.78, 5) is 5.10. The minimum absolute atomic E-state index is 0.0102. The van der Waals surface area contributed by atoms with Gasteiger partial charge in [-0.1, -0.05) is 30.3 Å². The van der Waals surface area contributed by atoms with Crippen LogP contribution in [-0.2, 0) is 6.18 Å². The molecule has 0 aliphatic rings. The van der Waals surface area contributed by atoms with Gasteiger partial charge < -0.3 is 10.4 Å². The highest BCUT2D eigenvalue weighted by Crippen LogP contribution is 2.38. The number of nitrogens with zero attached hydrogens (tertiary/aromatic N) is 1. The molecule has 0 aliphatic carbocycles. The molecule has 142 valence electrons. The van der Waals surface area contributed by atoms with Crippen LogP contribution in [0.15, 0.2) is 72.2 Å². The molecule has 2 aromatic carbocycles. The van der Waals surface area contributed by atoms with E-state index in [4.69, 9.17) is 0 Å². The number of halogens is 3. The maximum Gasteiger partial charge on any atom is 0.416 e. The van der Waals surface area contributed by atoms with Crippen molar-refractivity contribution in [3.63, 3.8) is 0 Å². The van der Waals surface area contributed by atoms with Gasteiger partial charge in [0, 0.05) is 27.7 Å². The quantitative estimate of drug-likeness (QED) is 0.427. The number of phenols is 1. The number of alkyl halides is 3. The van der Waals surface area contributed by atoms with Crippen molar-refractivity contribution in [1.82, 2.24) is 4.98 Å². The normalized spacial score (nSPS) is 12.8. The smallest absolute Gasteiger partial charge is 0.416 e. The zero-order valence-corrected chi connectivity index (χ0v) is 15.3. The van der Waals surface area contributed by atoms with Gasteiger partial charge in [0.15, 0.2) is 0 Å². The monoisotopic (exact) mass is 400 g/mol. The van der Waals surface area contributed by atoms with Crippen LogP contribution in [0.25, 0.3) is 10.9 Å². The van der Waals surface area contributed by atoms with Crippen LogP contribution in [0.5, 0.6) is 5.75 Å². The number of rotatable bonds is 4. The molecule has 0 radical (unpaired) electrons. The van der Waals surface area contributed by atoms with Crippen LogP contribution in [0.2, 0.25) is 0 Å². The van der Waals surface area contributed by atoms with Gasteiger partial charge in [-0.3, -0.25) is 4.98 Å². The number of hydrogen-bond acceptors (Lipinski definition) is 4. The van der Waals surface area contributed by atoms with Crippen LogP contribution in [0, 0.1) is 0 Å². The van der Waals surface area contributed by atoms with Crippen LogP contribution in [0.1, 0.15) is 22.0 Å². The summed E-state index contributed by atoms with van der Waals surface area (Å²) < 4.78 is 39.2. The van der Waals surface area contributed by atoms with Crippen LogP contribution < -0.4 is 5.32 Å². The topological polar surface area (TPSA) is 45.1 Å². The third kappa shape index (κ3) is 3.53. The van der Waals surface area contributed by atoms with Crippen molar-refractivity contribution in [1.29, 1.82) is 0 Å². The Morgan fingerprint density at radius 2 is 1.86 bits per heavy atom. The SMILES string of the molecule is Oc1c(C(Nc2cccc(C(F)(F)F)c2)c2cccs2)ccc2cccnc12. The Morgan fingerprint density at radius 1 is 1.00 bits per heavy atom. The van der Waals surface area contributed by atoms with Crippen molar-refractivity contribution in [2.45, 2.75) is 12.2 Å². The Morgan fingerprint density at radius 3 is 2.61 bits per heavy atom. The first-order valence-corrected chi connectivity index (χ1v) is 9.35. The summed E-state index contributed by atoms with van der Waals surface area (Å²) in [5.41, 5.74) is 0.582. The maximum atomic E-state index is 13.1. The summed E-state index contributed by atoms with van der Waals surface area (Å²) in [6.45, 7) is 0. The summed E-state index contributed by atoms with van der Waals surface area (Å²) in [5.74, 6) is 0.0102. The zero-order chi connectivity index (χ0) is 19.7. The predicted molar refractivity (Wildman–Crippen MR) is 105 cm³/mol. The van der Waals surface area contributed by atoms with Crippen LogP contribution in [0.4, 0.5) is 18.9 Å². The van der Waals surface area contributed by atoms with E-state index >= 15 is 0 Å². The third-order valence-electron chi connectivity index (χ3n) is 4.42. The molecule has 0 aliphatic heterocycles. The number of fused-ring (bicyclic) bond motifs is 1. The van der Waals surface area contributed by atoms with Gasteiger partial charge in [0.25, 0.3) is 0 Å². The van der Waals surface area contributed by atoms with E-state index in [2.05, 4.69) is 10.3 Å². The molecule has 1 atom stereocenters. The predicted octanol–water partition coefficient (Wildman–Crippen LogP) is 6.22. The van der Waals surface area contributed by atoms with Gasteiger partial charge in [-0.05, 0) is 35.7 Å². The van der Waals surface area contributed by atoms with Crippen molar-refractivity contribution >= 4 is 27.9 Å². The van der Waals surface area contributed by atoms with Crippen LogP contribution in [-0.4, -0.2) is 10.1 Å². The molecular weight excluding hydrogens is 385 g/mol. The largest absolute Gasteiger partial charge is 0.505 e. The van der Waals surface area contributed by atoms with Crippen molar-refractivity contribution in [3.8, 4) is 5.75 Å². The molecule has 0 saturated carbocycles. The number of hydrogen-bond donors (Lipinski definition) is 2. The minimum atomic E-state index is -4.43. The van der Waals surface area contributed by atoms with E-state index in [1.54, 1.807) is 24.4 Å². The maximum absolute atomic E-state index is 13.1. The molecule has 1 unspecified atom stereocenters. The standard InChI is InChI=1S/C21H15F3N2OS/c22-21(23,24)14-5-1-6-15(12-14)26-19(17-7-3-11-28-17)16-9-8-13-4-2-10-25-18(13)20(16)27/h1-12,19,26-27H. The molecule has 0 spiro atoms. The van der Waals surface area contributed by atoms with Gasteiger partial charge >= 0.3 is 6.18 Å². The van der Waals surface area contributed by atoms with Gasteiger partial charge in [-0.2, -0.15) is 13.2 Å². The average Bonchev–Trinajstić information content (AvgIpc) is 3.21. The highest BCUT2D eigenvalue weighted by molar-refractivity contribution is 7.10. The van der Waals surface area contributed by atoms with Crippen molar-refractivity contribution in [3.05, 3.63) is 88.2 Å². The first-order chi connectivity index (χ1) is 13.4. The van der Waals surface area contributed by atoms with Crippen molar-refractivity contribution in [2.75, 3.05) is 5.32 Å². The lowest BCUT2D eigenvalue weighted by Crippen LogP contribution is -2.13. The van der Waals surface area contributed by atoms with E-state index in [0.717, 1.165) is 22.4 Å². The van der Waals surface area contributed by atoms with Gasteiger partial charge in [0.2, 0.25) is 0 Å². The second-order valence-corrected chi connectivity index (χ2v) is 7.23. The fourth-order valence-corrected chi connectivity index (χ4v) is 3.88. The molecule has 0 saturated heterocycles. The van der Waals surface area contributed by atoms with E-state index in [0.29, 0.717) is 16.8 Å². The van der Waals surface area contributed by atoms with Crippen molar-refractivity contribution in [2.24, 2.45) is 0 Å². The van der Waals surface area contributed by atoms with Gasteiger partial charge in [0.1, 0.15) is 11.3 Å². The van der Waals surface area contributed by atoms with E-state index in [1.165, 1.54) is 17.4 Å². The Bertz CT molecular complexity index is 1110. The number of phenolic OH excluding ortho intramolecular Hbond substituents is 1. The average molecular weight is 400 g/mol. The lowest BCUT2D eigenvalue weighted by atomic mass is 10.0. The molecule has 2 aromatic heterocycles. The van der Waals surface area contributed by atoms with Gasteiger partial charge in [-0.15, -0.1) is 11.3 Å². The number of aromatic nitrogens is 1. The molecule has 7 heteroatoms. The van der Waals surface area contributed by atoms with E-state index in [1.807, 2.05) is 29.6 Å². The minimum Gasteiger partial charge on any atom is -0.505 e. The number of anilines is 1. The highest BCUT2D eigenvalue weighted by atomic mass is 32.1. The number of thiophene rings is 1. The number of pyridine rings is 1. The van der Waals surface area contributed by atoms with E-state index in [9.17, 15) is 18.3 Å². The summed E-state index contributed by atoms with van der Waals surface area (Å²) in [5, 5.41) is 16.6. The number of benzene rings is 2. The zero-order valence-electron chi connectivity index (χ0n) is 14.4. The summed E-state index contributed by atoms with van der Waals surface area (Å²) >= 11 is 1.45. The lowest BCUT2D eigenvalue weighted by molar-refractivity contribution is -0.137. The summed E-state index contributed by atoms with van der Waals surface area (Å²) in [6, 6.07) is 15.5. The molecule has 0 amide bonds. The Balaban J connectivity index is 1.79. The molecule has 2 N–H and O–H groups in total. The fraction of sp³-hybridized carbons (Fsp3) is 0.0952. The van der Waals surface area contributed by atoms with Gasteiger partial charge in [-0.25, -0.2) is 0 Å². The van der Waals surface area contributed by atoms with Gasteiger partial charge in [0.05, 0.1) is 11.6 Å². The molecule has 28 heavy (non-hydrogen) atoms. The number of aromatic hydroxyl groups is 1. The summed E-state index contributed by atoms with van der Waals surface area (Å²) in [6.07, 6.45) is -2.84. The molecule has 2 heterocycles. The first-order valence-electron chi connectivity index (χ1n) is 8.47. The molecule has 3 nitrogen and oxygen atoms in total. The lowest BCUT2D eigenvalue weighted by Gasteiger charge is -2.21. The van der Waals surface area contributed by atoms with E-state index < -0.39 is 17.8 Å². The second-order valence-electron chi connectivity index (χ2n) is 6.25. The Hall–Kier alpha value is -3.06. The van der Waals surface area contributed by atoms with Crippen molar-refractivity contribution < 1.29 is 18.3 Å². The second kappa shape index (κ2) is 7.16. The third-order valence-corrected chi connectivity index (χ3v) is 5.36. The Labute approximate surface area is 163 Å². The highest BCUT2D eigenvalue weighted by Gasteiger charge is 2.31. The molecule has 4 rings (SSSR count). The summed E-state index contributed by atoms with van der Waals surface area (Å²) in [7, 11) is 0. The molecule has 0 fully saturated rings. The molecule has 0 bridgehead atoms. The number of nitrogens with one attached hydrogen (secondary N) is 1. The molecular formula is C21H15F3N2OS. The first kappa shape index (κ1) is 18.3. The van der Waals surface area contributed by atoms with Crippen LogP contribution >= 0.6 is 11.3 Å². The fourth-order valence-electron chi connectivity index (χ4n) is 3.09. The van der Waals surface area contributed by atoms with Crippen LogP contribution in [0.3, 0.4) is 0 Å².